The number of ether oxygens (including phenoxy) is 3. The molecule has 0 N–H and O–H groups in total. The van der Waals surface area contributed by atoms with Crippen molar-refractivity contribution in [2.24, 2.45) is 0 Å². The standard InChI is InChI=1S/C35H42N2O6Si/c1-27(24-41-25-28-16-18-30(40-5)19-17-28)20-21-42-34(22-29(38)23-37-36)33(39)26-43-44(35(2,3)4,31-12-8-6-9-13-31)32-14-10-7-11-15-32/h6-19,23,34H,1,20-22,24-26H2,2-5H3/t34-/m0/s1. The Balaban J connectivity index is 1.68. The first-order chi connectivity index (χ1) is 21.1. The molecular formula is C35H42N2O6Si. The molecule has 0 aliphatic heterocycles. The van der Waals surface area contributed by atoms with Gasteiger partial charge in [0.25, 0.3) is 8.32 Å². The van der Waals surface area contributed by atoms with E-state index in [1.807, 2.05) is 84.9 Å². The number of Topliss-reactive ketones (excluding diaryl/α,β-unsaturated/α-hetero) is 2. The number of ketones is 2. The molecule has 44 heavy (non-hydrogen) atoms. The maximum atomic E-state index is 13.6. The SMILES string of the molecule is C=C(CCO[C@@H](CC(=O)C=[N+]=[N-])C(=O)CO[Si](c1ccccc1)(c1ccccc1)C(C)(C)C)COCc1ccc(OC)cc1. The first-order valence-corrected chi connectivity index (χ1v) is 16.5. The molecule has 0 saturated carbocycles. The molecule has 0 saturated heterocycles. The summed E-state index contributed by atoms with van der Waals surface area (Å²) in [5.41, 5.74) is 10.6. The second-order valence-corrected chi connectivity index (χ2v) is 15.8. The van der Waals surface area contributed by atoms with Gasteiger partial charge in [-0.05, 0) is 45.1 Å². The largest absolute Gasteiger partial charge is 0.497 e. The first-order valence-electron chi connectivity index (χ1n) is 14.6. The number of nitrogens with zero attached hydrogens (tertiary/aromatic N) is 2. The molecule has 0 radical (unpaired) electrons. The van der Waals surface area contributed by atoms with Crippen LogP contribution in [0.15, 0.2) is 97.1 Å². The van der Waals surface area contributed by atoms with Crippen LogP contribution in [0.5, 0.6) is 5.75 Å². The highest BCUT2D eigenvalue weighted by atomic mass is 28.4. The van der Waals surface area contributed by atoms with Crippen molar-refractivity contribution in [1.82, 2.24) is 0 Å². The number of carbonyl (C=O) groups excluding carboxylic acids is 2. The Kier molecular flexibility index (Phi) is 13.1. The van der Waals surface area contributed by atoms with Gasteiger partial charge in [0, 0.05) is 0 Å². The van der Waals surface area contributed by atoms with Crippen molar-refractivity contribution >= 4 is 36.5 Å². The van der Waals surface area contributed by atoms with Gasteiger partial charge >= 0.3 is 6.21 Å². The van der Waals surface area contributed by atoms with Gasteiger partial charge in [0.15, 0.2) is 5.78 Å². The fourth-order valence-corrected chi connectivity index (χ4v) is 9.57. The number of benzene rings is 3. The lowest BCUT2D eigenvalue weighted by atomic mass is 10.1. The highest BCUT2D eigenvalue weighted by Crippen LogP contribution is 2.36. The summed E-state index contributed by atoms with van der Waals surface area (Å²) in [5.74, 6) is -0.114. The van der Waals surface area contributed by atoms with E-state index in [0.717, 1.165) is 33.5 Å². The quantitative estimate of drug-likeness (QED) is 0.0660. The van der Waals surface area contributed by atoms with Crippen LogP contribution < -0.4 is 15.1 Å². The van der Waals surface area contributed by atoms with Gasteiger partial charge in [-0.2, -0.15) is 4.79 Å². The van der Waals surface area contributed by atoms with Crippen molar-refractivity contribution in [2.45, 2.75) is 51.4 Å². The molecule has 0 fully saturated rings. The molecule has 0 aliphatic carbocycles. The maximum absolute atomic E-state index is 13.6. The second-order valence-electron chi connectivity index (χ2n) is 11.5. The molecule has 8 nitrogen and oxygen atoms in total. The minimum absolute atomic E-state index is 0.157. The maximum Gasteiger partial charge on any atom is 0.323 e. The molecule has 0 bridgehead atoms. The number of rotatable bonds is 18. The molecule has 9 heteroatoms. The van der Waals surface area contributed by atoms with Gasteiger partial charge in [0.1, 0.15) is 11.9 Å². The zero-order valence-corrected chi connectivity index (χ0v) is 27.0. The lowest BCUT2D eigenvalue weighted by Gasteiger charge is -2.43. The van der Waals surface area contributed by atoms with E-state index in [-0.39, 0.29) is 30.5 Å². The molecule has 3 aromatic rings. The summed E-state index contributed by atoms with van der Waals surface area (Å²) in [7, 11) is -1.36. The average Bonchev–Trinajstić information content (AvgIpc) is 3.01. The summed E-state index contributed by atoms with van der Waals surface area (Å²) in [6.07, 6.45) is -0.136. The monoisotopic (exact) mass is 614 g/mol. The van der Waals surface area contributed by atoms with Crippen LogP contribution in [0, 0.1) is 0 Å². The molecule has 1 atom stereocenters. The van der Waals surface area contributed by atoms with Gasteiger partial charge in [-0.25, -0.2) is 0 Å². The molecule has 0 aromatic heterocycles. The van der Waals surface area contributed by atoms with E-state index in [2.05, 4.69) is 32.1 Å². The van der Waals surface area contributed by atoms with Crippen LogP contribution in [0.4, 0.5) is 0 Å². The Labute approximate surface area is 261 Å². The normalized spacial score (nSPS) is 12.2. The van der Waals surface area contributed by atoms with Crippen molar-refractivity contribution < 1.29 is 33.0 Å². The van der Waals surface area contributed by atoms with Gasteiger partial charge in [-0.1, -0.05) is 100 Å². The van der Waals surface area contributed by atoms with Crippen LogP contribution >= 0.6 is 0 Å². The summed E-state index contributed by atoms with van der Waals surface area (Å²) in [5, 5.41) is 1.76. The third kappa shape index (κ3) is 9.51. The predicted molar refractivity (Wildman–Crippen MR) is 174 cm³/mol. The lowest BCUT2D eigenvalue weighted by molar-refractivity contribution is -0.136. The van der Waals surface area contributed by atoms with Crippen LogP contribution in [-0.2, 0) is 30.1 Å². The van der Waals surface area contributed by atoms with E-state index in [4.69, 9.17) is 24.2 Å². The third-order valence-electron chi connectivity index (χ3n) is 7.30. The van der Waals surface area contributed by atoms with Gasteiger partial charge in [0.05, 0.1) is 40.0 Å². The number of methoxy groups -OCH3 is 1. The third-order valence-corrected chi connectivity index (χ3v) is 12.3. The highest BCUT2D eigenvalue weighted by molar-refractivity contribution is 6.99. The van der Waals surface area contributed by atoms with Gasteiger partial charge in [-0.3, -0.25) is 9.59 Å². The summed E-state index contributed by atoms with van der Waals surface area (Å²) in [6.45, 7) is 11.1. The zero-order valence-electron chi connectivity index (χ0n) is 26.0. The van der Waals surface area contributed by atoms with Crippen LogP contribution in [0.25, 0.3) is 5.53 Å². The van der Waals surface area contributed by atoms with Crippen LogP contribution in [-0.4, -0.2) is 63.9 Å². The Morgan fingerprint density at radius 3 is 2.05 bits per heavy atom. The molecule has 232 valence electrons. The van der Waals surface area contributed by atoms with E-state index in [1.54, 1.807) is 7.11 Å². The second kappa shape index (κ2) is 16.8. The Morgan fingerprint density at radius 2 is 1.52 bits per heavy atom. The zero-order chi connectivity index (χ0) is 32.0. The Hall–Kier alpha value is -3.98. The fourth-order valence-electron chi connectivity index (χ4n) is 5.05. The van der Waals surface area contributed by atoms with Crippen LogP contribution in [0.3, 0.4) is 0 Å². The van der Waals surface area contributed by atoms with E-state index < -0.39 is 20.2 Å². The average molecular weight is 615 g/mol. The minimum atomic E-state index is -2.98. The summed E-state index contributed by atoms with van der Waals surface area (Å²) >= 11 is 0. The van der Waals surface area contributed by atoms with Gasteiger partial charge < -0.3 is 24.2 Å². The van der Waals surface area contributed by atoms with Crippen molar-refractivity contribution in [2.75, 3.05) is 26.9 Å². The Bertz CT molecular complexity index is 1380. The van der Waals surface area contributed by atoms with Crippen LogP contribution in [0.1, 0.15) is 39.2 Å². The molecule has 0 heterocycles. The lowest BCUT2D eigenvalue weighted by Crippen LogP contribution is -2.67. The van der Waals surface area contributed by atoms with E-state index in [1.165, 1.54) is 0 Å². The van der Waals surface area contributed by atoms with Crippen LogP contribution in [0.2, 0.25) is 5.04 Å². The number of hydrogen-bond donors (Lipinski definition) is 0. The van der Waals surface area contributed by atoms with E-state index in [0.29, 0.717) is 19.6 Å². The summed E-state index contributed by atoms with van der Waals surface area (Å²) < 4.78 is 23.6. The highest BCUT2D eigenvalue weighted by Gasteiger charge is 2.50. The minimum Gasteiger partial charge on any atom is -0.497 e. The predicted octanol–water partition coefficient (Wildman–Crippen LogP) is 4.95. The van der Waals surface area contributed by atoms with E-state index in [9.17, 15) is 9.59 Å². The summed E-state index contributed by atoms with van der Waals surface area (Å²) in [4.78, 5) is 28.8. The first kappa shape index (κ1) is 34.5. The Morgan fingerprint density at radius 1 is 0.932 bits per heavy atom. The topological polar surface area (TPSA) is 107 Å². The fraction of sp³-hybridized carbons (Fsp3) is 0.343. The number of hydrogen-bond acceptors (Lipinski definition) is 6. The molecular weight excluding hydrogens is 572 g/mol. The van der Waals surface area contributed by atoms with Crippen molar-refractivity contribution in [3.05, 3.63) is 108 Å². The van der Waals surface area contributed by atoms with Crippen molar-refractivity contribution in [1.29, 1.82) is 0 Å². The van der Waals surface area contributed by atoms with Crippen molar-refractivity contribution in [3.8, 4) is 5.75 Å². The van der Waals surface area contributed by atoms with Gasteiger partial charge in [0.2, 0.25) is 5.78 Å². The van der Waals surface area contributed by atoms with Crippen molar-refractivity contribution in [3.63, 3.8) is 0 Å². The molecule has 0 aliphatic rings. The molecule has 0 amide bonds. The molecule has 3 rings (SSSR count). The smallest absolute Gasteiger partial charge is 0.323 e. The van der Waals surface area contributed by atoms with Gasteiger partial charge in [-0.15, -0.1) is 0 Å². The molecule has 3 aromatic carbocycles. The molecule has 0 spiro atoms. The van der Waals surface area contributed by atoms with E-state index >= 15 is 0 Å². The molecule has 0 unspecified atom stereocenters. The number of carbonyl (C=O) groups is 2. The summed E-state index contributed by atoms with van der Waals surface area (Å²) in [6, 6.07) is 27.6.